The Kier molecular flexibility index (Phi) is 5.27. The highest BCUT2D eigenvalue weighted by Crippen LogP contribution is 2.13. The summed E-state index contributed by atoms with van der Waals surface area (Å²) in [5.41, 5.74) is 2.13. The van der Waals surface area contributed by atoms with Gasteiger partial charge in [0.1, 0.15) is 0 Å². The highest BCUT2D eigenvalue weighted by atomic mass is 16.2. The van der Waals surface area contributed by atoms with E-state index in [1.807, 2.05) is 19.9 Å². The first-order valence-electron chi connectivity index (χ1n) is 7.54. The zero-order valence-electron chi connectivity index (χ0n) is 13.2. The van der Waals surface area contributed by atoms with Crippen molar-refractivity contribution >= 4 is 11.7 Å². The molecule has 0 heterocycles. The van der Waals surface area contributed by atoms with Gasteiger partial charge in [0.25, 0.3) is 5.91 Å². The molecule has 0 N–H and O–H groups in total. The molecule has 0 bridgehead atoms. The lowest BCUT2D eigenvalue weighted by Gasteiger charge is -2.18. The van der Waals surface area contributed by atoms with Gasteiger partial charge in [0.2, 0.25) is 0 Å². The lowest BCUT2D eigenvalue weighted by Crippen LogP contribution is -2.30. The number of benzene rings is 2. The fourth-order valence-electron chi connectivity index (χ4n) is 2.32. The van der Waals surface area contributed by atoms with E-state index < -0.39 is 0 Å². The number of nitriles is 1. The second-order valence-corrected chi connectivity index (χ2v) is 5.07. The molecule has 0 aliphatic heterocycles. The summed E-state index contributed by atoms with van der Waals surface area (Å²) in [6.45, 7) is 5.18. The second kappa shape index (κ2) is 7.37. The SMILES string of the molecule is CCN(CC)C(=O)c1ccc(C(=O)c2ccc(C#N)cc2)cc1. The monoisotopic (exact) mass is 306 g/mol. The molecule has 0 aromatic heterocycles. The van der Waals surface area contributed by atoms with Crippen LogP contribution in [0.1, 0.15) is 45.7 Å². The van der Waals surface area contributed by atoms with Crippen LogP contribution in [0.5, 0.6) is 0 Å². The molecule has 0 atom stereocenters. The number of carbonyl (C=O) groups is 2. The lowest BCUT2D eigenvalue weighted by molar-refractivity contribution is 0.0772. The standard InChI is InChI=1S/C19H18N2O2/c1-3-21(4-2)19(23)17-11-9-16(10-12-17)18(22)15-7-5-14(13-20)6-8-15/h5-12H,3-4H2,1-2H3. The predicted molar refractivity (Wildman–Crippen MR) is 88.3 cm³/mol. The van der Waals surface area contributed by atoms with Gasteiger partial charge in [-0.25, -0.2) is 0 Å². The van der Waals surface area contributed by atoms with Gasteiger partial charge < -0.3 is 4.90 Å². The molecule has 2 rings (SSSR count). The van der Waals surface area contributed by atoms with Crippen molar-refractivity contribution < 1.29 is 9.59 Å². The zero-order chi connectivity index (χ0) is 16.8. The quantitative estimate of drug-likeness (QED) is 0.796. The van der Waals surface area contributed by atoms with E-state index >= 15 is 0 Å². The van der Waals surface area contributed by atoms with Gasteiger partial charge >= 0.3 is 0 Å². The van der Waals surface area contributed by atoms with Crippen LogP contribution in [0.15, 0.2) is 48.5 Å². The lowest BCUT2D eigenvalue weighted by atomic mass is 10.0. The third-order valence-corrected chi connectivity index (χ3v) is 3.72. The summed E-state index contributed by atoms with van der Waals surface area (Å²) in [5.74, 6) is -0.163. The highest BCUT2D eigenvalue weighted by Gasteiger charge is 2.14. The van der Waals surface area contributed by atoms with Crippen LogP contribution in [0, 0.1) is 11.3 Å². The van der Waals surface area contributed by atoms with Gasteiger partial charge in [-0.2, -0.15) is 5.26 Å². The van der Waals surface area contributed by atoms with Gasteiger partial charge in [0.05, 0.1) is 11.6 Å². The molecule has 0 spiro atoms. The number of hydrogen-bond donors (Lipinski definition) is 0. The van der Waals surface area contributed by atoms with Crippen LogP contribution >= 0.6 is 0 Å². The Morgan fingerprint density at radius 1 is 0.870 bits per heavy atom. The summed E-state index contributed by atoms with van der Waals surface area (Å²) in [6, 6.07) is 15.2. The van der Waals surface area contributed by atoms with Crippen molar-refractivity contribution in [2.45, 2.75) is 13.8 Å². The van der Waals surface area contributed by atoms with Gasteiger partial charge in [-0.05, 0) is 50.2 Å². The Bertz CT molecular complexity index is 736. The molecular weight excluding hydrogens is 288 g/mol. The van der Waals surface area contributed by atoms with E-state index in [4.69, 9.17) is 5.26 Å². The molecule has 4 nitrogen and oxygen atoms in total. The summed E-state index contributed by atoms with van der Waals surface area (Å²) in [7, 11) is 0. The topological polar surface area (TPSA) is 61.2 Å². The van der Waals surface area contributed by atoms with Crippen LogP contribution in [0.2, 0.25) is 0 Å². The Hall–Kier alpha value is -2.93. The number of rotatable bonds is 5. The van der Waals surface area contributed by atoms with Crippen LogP contribution < -0.4 is 0 Å². The number of ketones is 1. The molecular formula is C19H18N2O2. The van der Waals surface area contributed by atoms with Gasteiger partial charge in [-0.3, -0.25) is 9.59 Å². The smallest absolute Gasteiger partial charge is 0.253 e. The fraction of sp³-hybridized carbons (Fsp3) is 0.211. The summed E-state index contributed by atoms with van der Waals surface area (Å²) < 4.78 is 0. The van der Waals surface area contributed by atoms with Crippen molar-refractivity contribution in [1.29, 1.82) is 5.26 Å². The van der Waals surface area contributed by atoms with E-state index in [0.717, 1.165) is 0 Å². The molecule has 116 valence electrons. The van der Waals surface area contributed by atoms with Crippen molar-refractivity contribution in [2.75, 3.05) is 13.1 Å². The van der Waals surface area contributed by atoms with Gasteiger partial charge in [0.15, 0.2) is 5.78 Å². The highest BCUT2D eigenvalue weighted by molar-refractivity contribution is 6.09. The average Bonchev–Trinajstić information content (AvgIpc) is 2.62. The van der Waals surface area contributed by atoms with E-state index in [-0.39, 0.29) is 11.7 Å². The first kappa shape index (κ1) is 16.4. The molecule has 0 saturated heterocycles. The summed E-state index contributed by atoms with van der Waals surface area (Å²) in [4.78, 5) is 26.4. The minimum atomic E-state index is -0.128. The molecule has 0 radical (unpaired) electrons. The Balaban J connectivity index is 2.20. The molecule has 0 unspecified atom stereocenters. The van der Waals surface area contributed by atoms with E-state index in [9.17, 15) is 9.59 Å². The zero-order valence-corrected chi connectivity index (χ0v) is 13.2. The minimum absolute atomic E-state index is 0.0348. The van der Waals surface area contributed by atoms with Crippen LogP contribution in [0.4, 0.5) is 0 Å². The molecule has 1 amide bonds. The minimum Gasteiger partial charge on any atom is -0.339 e. The predicted octanol–water partition coefficient (Wildman–Crippen LogP) is 3.27. The first-order chi connectivity index (χ1) is 11.1. The molecule has 0 aliphatic carbocycles. The maximum Gasteiger partial charge on any atom is 0.253 e. The molecule has 0 fully saturated rings. The van der Waals surface area contributed by atoms with E-state index in [2.05, 4.69) is 0 Å². The molecule has 2 aromatic carbocycles. The largest absolute Gasteiger partial charge is 0.339 e. The van der Waals surface area contributed by atoms with E-state index in [1.165, 1.54) is 0 Å². The number of nitrogens with zero attached hydrogens (tertiary/aromatic N) is 2. The maximum absolute atomic E-state index is 12.4. The first-order valence-corrected chi connectivity index (χ1v) is 7.54. The Morgan fingerprint density at radius 2 is 1.30 bits per heavy atom. The molecule has 23 heavy (non-hydrogen) atoms. The number of carbonyl (C=O) groups excluding carboxylic acids is 2. The third kappa shape index (κ3) is 3.64. The fourth-order valence-corrected chi connectivity index (χ4v) is 2.32. The maximum atomic E-state index is 12.4. The normalized spacial score (nSPS) is 9.96. The molecule has 2 aromatic rings. The second-order valence-electron chi connectivity index (χ2n) is 5.07. The summed E-state index contributed by atoms with van der Waals surface area (Å²) in [6.07, 6.45) is 0. The van der Waals surface area contributed by atoms with Crippen molar-refractivity contribution in [2.24, 2.45) is 0 Å². The molecule has 4 heteroatoms. The van der Waals surface area contributed by atoms with Crippen molar-refractivity contribution in [1.82, 2.24) is 4.90 Å². The molecule has 0 saturated carbocycles. The van der Waals surface area contributed by atoms with Gasteiger partial charge in [-0.15, -0.1) is 0 Å². The summed E-state index contributed by atoms with van der Waals surface area (Å²) >= 11 is 0. The summed E-state index contributed by atoms with van der Waals surface area (Å²) in [5, 5.41) is 8.78. The van der Waals surface area contributed by atoms with Crippen molar-refractivity contribution in [3.8, 4) is 6.07 Å². The van der Waals surface area contributed by atoms with Gasteiger partial charge in [-0.1, -0.05) is 12.1 Å². The van der Waals surface area contributed by atoms with Crippen molar-refractivity contribution in [3.05, 3.63) is 70.8 Å². The van der Waals surface area contributed by atoms with Gasteiger partial charge in [0, 0.05) is 29.8 Å². The Morgan fingerprint density at radius 3 is 1.74 bits per heavy atom. The van der Waals surface area contributed by atoms with Crippen molar-refractivity contribution in [3.63, 3.8) is 0 Å². The third-order valence-electron chi connectivity index (χ3n) is 3.72. The van der Waals surface area contributed by atoms with E-state index in [1.54, 1.807) is 53.4 Å². The van der Waals surface area contributed by atoms with E-state index in [0.29, 0.717) is 35.3 Å². The molecule has 0 aliphatic rings. The van der Waals surface area contributed by atoms with Crippen LogP contribution in [-0.2, 0) is 0 Å². The Labute approximate surface area is 136 Å². The van der Waals surface area contributed by atoms with Crippen LogP contribution in [0.25, 0.3) is 0 Å². The van der Waals surface area contributed by atoms with Crippen LogP contribution in [0.3, 0.4) is 0 Å². The average molecular weight is 306 g/mol. The van der Waals surface area contributed by atoms with Crippen LogP contribution in [-0.4, -0.2) is 29.7 Å². The number of amides is 1. The number of hydrogen-bond acceptors (Lipinski definition) is 3.